The smallest absolute Gasteiger partial charge is 0.351 e. The number of aliphatic hydroxyl groups excluding tert-OH is 1. The van der Waals surface area contributed by atoms with Gasteiger partial charge < -0.3 is 14.6 Å². The highest BCUT2D eigenvalue weighted by molar-refractivity contribution is 6.01. The van der Waals surface area contributed by atoms with E-state index in [9.17, 15) is 28.7 Å². The number of Topliss-reactive ketones (excluding diaryl/α,β-unsaturated/α-hetero) is 1. The van der Waals surface area contributed by atoms with Crippen molar-refractivity contribution in [1.82, 2.24) is 0 Å². The number of hydrogen-bond acceptors (Lipinski definition) is 7. The van der Waals surface area contributed by atoms with E-state index in [2.05, 4.69) is 0 Å². The number of allylic oxidation sites excluding steroid dienone is 4. The third kappa shape index (κ3) is 4.12. The highest BCUT2D eigenvalue weighted by Gasteiger charge is 2.79. The van der Waals surface area contributed by atoms with Gasteiger partial charge in [0.05, 0.1) is 12.0 Å². The predicted molar refractivity (Wildman–Crippen MR) is 151 cm³/mol. The first-order valence-corrected chi connectivity index (χ1v) is 15.3. The number of fused-ring (bicyclic) bond motifs is 5. The predicted octanol–water partition coefficient (Wildman–Crippen LogP) is 5.20. The quantitative estimate of drug-likeness (QED) is 0.347. The van der Waals surface area contributed by atoms with Crippen molar-refractivity contribution in [2.45, 2.75) is 82.8 Å². The van der Waals surface area contributed by atoms with Gasteiger partial charge in [0.1, 0.15) is 12.0 Å². The fraction of sp³-hybridized carbons (Fsp3) is 0.588. The number of aliphatic hydroxyl groups is 1. The van der Waals surface area contributed by atoms with E-state index >= 15 is 8.78 Å². The Labute approximate surface area is 253 Å². The Balaban J connectivity index is 1.38. The van der Waals surface area contributed by atoms with Crippen LogP contribution in [0.2, 0.25) is 0 Å². The summed E-state index contributed by atoms with van der Waals surface area (Å²) in [6.07, 6.45) is 1.79. The normalized spacial score (nSPS) is 41.0. The summed E-state index contributed by atoms with van der Waals surface area (Å²) in [5.41, 5.74) is -7.25. The van der Waals surface area contributed by atoms with E-state index in [1.165, 1.54) is 31.2 Å². The fourth-order valence-electron chi connectivity index (χ4n) is 9.06. The number of esters is 2. The lowest BCUT2D eigenvalue weighted by molar-refractivity contribution is -0.240. The van der Waals surface area contributed by atoms with Crippen LogP contribution in [0.15, 0.2) is 48.1 Å². The summed E-state index contributed by atoms with van der Waals surface area (Å²) in [4.78, 5) is 52.6. The molecule has 1 aromatic rings. The monoisotopic (exact) mass is 614 g/mol. The third-order valence-corrected chi connectivity index (χ3v) is 11.7. The lowest BCUT2D eigenvalue weighted by atomic mass is 9.44. The van der Waals surface area contributed by atoms with E-state index < -0.39 is 94.0 Å². The number of rotatable bonds is 6. The molecule has 44 heavy (non-hydrogen) atoms. The average molecular weight is 615 g/mol. The Hall–Kier alpha value is -3.27. The average Bonchev–Trinajstić information content (AvgIpc) is 3.15. The number of ketones is 2. The Bertz CT molecular complexity index is 1470. The molecule has 0 spiro atoms. The highest BCUT2D eigenvalue weighted by Crippen LogP contribution is 2.71. The number of alkyl halides is 2. The van der Waals surface area contributed by atoms with E-state index in [4.69, 9.17) is 9.47 Å². The van der Waals surface area contributed by atoms with Crippen molar-refractivity contribution in [2.75, 3.05) is 6.61 Å². The number of hydrogen-bond donors (Lipinski definition) is 1. The summed E-state index contributed by atoms with van der Waals surface area (Å²) in [5.74, 6) is -6.14. The van der Waals surface area contributed by atoms with Gasteiger partial charge in [-0.25, -0.2) is 18.0 Å². The summed E-state index contributed by atoms with van der Waals surface area (Å²) < 4.78 is 58.6. The Kier molecular flexibility index (Phi) is 7.26. The van der Waals surface area contributed by atoms with Crippen molar-refractivity contribution in [3.63, 3.8) is 0 Å². The number of benzene rings is 1. The molecule has 0 unspecified atom stereocenters. The molecule has 0 aromatic heterocycles. The molecular weight excluding hydrogens is 577 g/mol. The maximum Gasteiger partial charge on any atom is 0.351 e. The summed E-state index contributed by atoms with van der Waals surface area (Å²) in [5, 5.41) is 11.7. The lowest BCUT2D eigenvalue weighted by Gasteiger charge is -2.63. The summed E-state index contributed by atoms with van der Waals surface area (Å²) in [6.45, 7) is 4.12. The van der Waals surface area contributed by atoms with Gasteiger partial charge in [0.2, 0.25) is 5.60 Å². The molecule has 0 aliphatic heterocycles. The van der Waals surface area contributed by atoms with Gasteiger partial charge in [0, 0.05) is 28.2 Å². The third-order valence-electron chi connectivity index (χ3n) is 11.7. The van der Waals surface area contributed by atoms with Crippen LogP contribution in [0.4, 0.5) is 13.2 Å². The van der Waals surface area contributed by atoms with Gasteiger partial charge >= 0.3 is 11.9 Å². The zero-order valence-electron chi connectivity index (χ0n) is 25.0. The standard InChI is InChI=1S/C34H37F3O7/c1-18-13-23-24-15-26(36)25-14-22(38)11-12-31(25,2)33(24,37)28(40)16-32(23,3)34(18,44-29(41)20-5-4-6-20)30(42)43-17-27(39)19-7-9-21(35)10-8-19/h7-12,14,18,20,23-24,26,28,40H,4-6,13,15-17H2,1-3H3/t18-,23+,24+,26+,28+,31+,32+,33+,34+/m1/s1. The van der Waals surface area contributed by atoms with Crippen LogP contribution in [0, 0.1) is 40.3 Å². The maximum atomic E-state index is 17.6. The van der Waals surface area contributed by atoms with E-state index in [0.717, 1.165) is 24.6 Å². The van der Waals surface area contributed by atoms with E-state index in [-0.39, 0.29) is 30.4 Å². The van der Waals surface area contributed by atoms with Crippen LogP contribution in [0.5, 0.6) is 0 Å². The van der Waals surface area contributed by atoms with Gasteiger partial charge in [-0.2, -0.15) is 0 Å². The molecular formula is C34H37F3O7. The molecule has 4 fully saturated rings. The van der Waals surface area contributed by atoms with Crippen LogP contribution in [-0.4, -0.2) is 58.8 Å². The second-order valence-corrected chi connectivity index (χ2v) is 13.8. The SMILES string of the molecule is C[C@@H]1C[C@H]2[C@@H]3C[C@H](F)C4=CC(=O)C=C[C@]4(C)[C@@]3(F)[C@@H](O)C[C@]2(C)[C@@]1(OC(=O)C1CCC1)C(=O)OCC(=O)c1ccc(F)cc1. The fourth-order valence-corrected chi connectivity index (χ4v) is 9.06. The Morgan fingerprint density at radius 1 is 1.07 bits per heavy atom. The van der Waals surface area contributed by atoms with Crippen LogP contribution in [0.3, 0.4) is 0 Å². The molecule has 4 saturated carbocycles. The minimum absolute atomic E-state index is 0.0150. The molecule has 1 N–H and O–H groups in total. The lowest BCUT2D eigenvalue weighted by Crippen LogP contribution is -2.71. The van der Waals surface area contributed by atoms with Crippen LogP contribution in [-0.2, 0) is 23.9 Å². The number of carbonyl (C=O) groups is 4. The molecule has 1 aromatic carbocycles. The van der Waals surface area contributed by atoms with Gasteiger partial charge in [-0.15, -0.1) is 0 Å². The zero-order valence-corrected chi connectivity index (χ0v) is 25.0. The first-order valence-electron chi connectivity index (χ1n) is 15.3. The van der Waals surface area contributed by atoms with Crippen molar-refractivity contribution in [1.29, 1.82) is 0 Å². The van der Waals surface area contributed by atoms with Crippen molar-refractivity contribution in [2.24, 2.45) is 34.5 Å². The molecule has 0 radical (unpaired) electrons. The maximum absolute atomic E-state index is 17.6. The minimum atomic E-state index is -2.38. The number of halogens is 3. The molecule has 0 heterocycles. The topological polar surface area (TPSA) is 107 Å². The Morgan fingerprint density at radius 2 is 1.75 bits per heavy atom. The number of carbonyl (C=O) groups excluding carboxylic acids is 4. The second kappa shape index (κ2) is 10.4. The molecule has 9 atom stereocenters. The van der Waals surface area contributed by atoms with Crippen molar-refractivity contribution in [3.05, 3.63) is 59.4 Å². The summed E-state index contributed by atoms with van der Waals surface area (Å²) in [7, 11) is 0. The van der Waals surface area contributed by atoms with Gasteiger partial charge in [0.25, 0.3) is 0 Å². The molecule has 0 saturated heterocycles. The van der Waals surface area contributed by atoms with Crippen molar-refractivity contribution in [3.8, 4) is 0 Å². The summed E-state index contributed by atoms with van der Waals surface area (Å²) >= 11 is 0. The first-order chi connectivity index (χ1) is 20.7. The molecule has 7 nitrogen and oxygen atoms in total. The van der Waals surface area contributed by atoms with E-state index in [1.54, 1.807) is 13.8 Å². The number of ether oxygens (including phenoxy) is 2. The molecule has 10 heteroatoms. The molecule has 5 aliphatic rings. The van der Waals surface area contributed by atoms with Crippen LogP contribution in [0.25, 0.3) is 0 Å². The van der Waals surface area contributed by atoms with Crippen LogP contribution in [0.1, 0.15) is 69.7 Å². The molecule has 236 valence electrons. The van der Waals surface area contributed by atoms with Crippen molar-refractivity contribution < 1.29 is 46.9 Å². The van der Waals surface area contributed by atoms with E-state index in [0.29, 0.717) is 12.8 Å². The second-order valence-electron chi connectivity index (χ2n) is 13.8. The largest absolute Gasteiger partial charge is 0.454 e. The molecule has 5 aliphatic carbocycles. The van der Waals surface area contributed by atoms with E-state index in [1.807, 2.05) is 0 Å². The first kappa shape index (κ1) is 30.7. The molecule has 0 bridgehead atoms. The molecule has 6 rings (SSSR count). The zero-order chi connectivity index (χ0) is 31.8. The van der Waals surface area contributed by atoms with Crippen molar-refractivity contribution >= 4 is 23.5 Å². The minimum Gasteiger partial charge on any atom is -0.454 e. The van der Waals surface area contributed by atoms with Gasteiger partial charge in [-0.1, -0.05) is 26.3 Å². The Morgan fingerprint density at radius 3 is 2.39 bits per heavy atom. The van der Waals surface area contributed by atoms with Crippen LogP contribution >= 0.6 is 0 Å². The van der Waals surface area contributed by atoms with Gasteiger partial charge in [0.15, 0.2) is 23.8 Å². The van der Waals surface area contributed by atoms with Gasteiger partial charge in [-0.05, 0) is 86.9 Å². The highest BCUT2D eigenvalue weighted by atomic mass is 19.1. The summed E-state index contributed by atoms with van der Waals surface area (Å²) in [6, 6.07) is 4.74. The molecule has 0 amide bonds. The van der Waals surface area contributed by atoms with Crippen LogP contribution < -0.4 is 0 Å². The van der Waals surface area contributed by atoms with Gasteiger partial charge in [-0.3, -0.25) is 14.4 Å².